The summed E-state index contributed by atoms with van der Waals surface area (Å²) in [5.41, 5.74) is 7.53. The average Bonchev–Trinajstić information content (AvgIpc) is 3.02. The number of amides is 2. The second-order valence-electron chi connectivity index (χ2n) is 7.59. The Kier molecular flexibility index (Phi) is 3.85. The molecule has 3 atom stereocenters. The number of carbonyl (C=O) groups is 3. The highest BCUT2D eigenvalue weighted by Crippen LogP contribution is 2.54. The molecule has 0 unspecified atom stereocenters. The van der Waals surface area contributed by atoms with Gasteiger partial charge in [0.05, 0.1) is 22.2 Å². The highest BCUT2D eigenvalue weighted by atomic mass is 32.2. The summed E-state index contributed by atoms with van der Waals surface area (Å²) in [6, 6.07) is 12.0. The number of rotatable bonds is 1. The number of hydrogen-bond donors (Lipinski definition) is 1. The Morgan fingerprint density at radius 2 is 1.71 bits per heavy atom. The number of nitrogens with two attached hydrogens (primary N) is 1. The molecule has 2 N–H and O–H groups in total. The summed E-state index contributed by atoms with van der Waals surface area (Å²) in [5, 5.41) is -0.510. The van der Waals surface area contributed by atoms with Gasteiger partial charge in [0.2, 0.25) is 11.8 Å². The van der Waals surface area contributed by atoms with Crippen molar-refractivity contribution in [1.29, 1.82) is 0 Å². The largest absolute Gasteiger partial charge is 0.486 e. The predicted molar refractivity (Wildman–Crippen MR) is 111 cm³/mol. The number of thioether (sulfide) groups is 1. The van der Waals surface area contributed by atoms with Crippen LogP contribution in [0.15, 0.2) is 53.1 Å². The molecule has 0 spiro atoms. The molecule has 2 amide bonds. The van der Waals surface area contributed by atoms with E-state index in [-0.39, 0.29) is 22.4 Å². The van der Waals surface area contributed by atoms with Gasteiger partial charge in [0.25, 0.3) is 0 Å². The third-order valence-corrected chi connectivity index (χ3v) is 7.17. The molecule has 0 aromatic heterocycles. The number of imide groups is 1. The van der Waals surface area contributed by atoms with Crippen molar-refractivity contribution >= 4 is 35.2 Å². The zero-order valence-electron chi connectivity index (χ0n) is 16.1. The van der Waals surface area contributed by atoms with Crippen molar-refractivity contribution in [3.05, 3.63) is 58.6 Å². The van der Waals surface area contributed by atoms with Gasteiger partial charge >= 0.3 is 5.97 Å². The minimum absolute atomic E-state index is 0.218. The van der Waals surface area contributed by atoms with Crippen LogP contribution in [0.2, 0.25) is 0 Å². The van der Waals surface area contributed by atoms with Crippen LogP contribution < -0.4 is 24.8 Å². The minimum Gasteiger partial charge on any atom is -0.486 e. The molecule has 0 radical (unpaired) electrons. The SMILES string of the molecule is NC1=C2C(=O)Oc3ccccc3[C@@H]2[C@@H]2C(=O)N(c3ccc4c(c3)OCCO4)C(=O)[C@H]2S1. The second kappa shape index (κ2) is 6.52. The van der Waals surface area contributed by atoms with Crippen molar-refractivity contribution in [1.82, 2.24) is 0 Å². The average molecular weight is 436 g/mol. The number of carbonyl (C=O) groups excluding carboxylic acids is 3. The van der Waals surface area contributed by atoms with Gasteiger partial charge in [-0.3, -0.25) is 9.59 Å². The van der Waals surface area contributed by atoms with Crippen LogP contribution in [0.4, 0.5) is 5.69 Å². The maximum absolute atomic E-state index is 13.6. The lowest BCUT2D eigenvalue weighted by Gasteiger charge is -2.36. The number of benzene rings is 2. The standard InChI is InChI=1S/C22H16N2O6S/c23-19-17-15(11-3-1-2-4-12(11)30-22(17)27)16-18(31-19)21(26)24(20(16)25)10-5-6-13-14(9-10)29-8-7-28-13/h1-6,9,15-16,18H,7-8,23H2/t15-,16+,18+/m1/s1. The Hall–Kier alpha value is -3.46. The van der Waals surface area contributed by atoms with E-state index < -0.39 is 23.1 Å². The molecule has 2 aromatic carbocycles. The van der Waals surface area contributed by atoms with Gasteiger partial charge in [-0.25, -0.2) is 9.69 Å². The van der Waals surface area contributed by atoms with Crippen LogP contribution in [0, 0.1) is 5.92 Å². The van der Waals surface area contributed by atoms with E-state index in [2.05, 4.69) is 0 Å². The van der Waals surface area contributed by atoms with Gasteiger partial charge in [0.15, 0.2) is 11.5 Å². The van der Waals surface area contributed by atoms with E-state index in [1.165, 1.54) is 4.90 Å². The first-order valence-corrected chi connectivity index (χ1v) is 10.7. The number of hydrogen-bond acceptors (Lipinski definition) is 8. The Bertz CT molecular complexity index is 1210. The molecule has 0 aliphatic carbocycles. The van der Waals surface area contributed by atoms with Gasteiger partial charge in [-0.2, -0.15) is 0 Å². The van der Waals surface area contributed by atoms with Crippen LogP contribution in [0.3, 0.4) is 0 Å². The van der Waals surface area contributed by atoms with Crippen LogP contribution in [0.25, 0.3) is 0 Å². The highest BCUT2D eigenvalue weighted by molar-refractivity contribution is 8.04. The van der Waals surface area contributed by atoms with Crippen molar-refractivity contribution in [3.8, 4) is 17.2 Å². The molecule has 31 heavy (non-hydrogen) atoms. The molecular weight excluding hydrogens is 420 g/mol. The number of anilines is 1. The van der Waals surface area contributed by atoms with E-state index >= 15 is 0 Å². The first kappa shape index (κ1) is 18.3. The number of para-hydroxylation sites is 1. The van der Waals surface area contributed by atoms with Gasteiger partial charge in [0, 0.05) is 17.5 Å². The highest BCUT2D eigenvalue weighted by Gasteiger charge is 2.58. The van der Waals surface area contributed by atoms with Crippen LogP contribution in [-0.2, 0) is 14.4 Å². The van der Waals surface area contributed by atoms with E-state index in [1.54, 1.807) is 36.4 Å². The molecular formula is C22H16N2O6S. The molecule has 2 aromatic rings. The Morgan fingerprint density at radius 3 is 2.55 bits per heavy atom. The number of nitrogens with zero attached hydrogens (tertiary/aromatic N) is 1. The van der Waals surface area contributed by atoms with Crippen LogP contribution >= 0.6 is 11.8 Å². The molecule has 0 saturated carbocycles. The summed E-state index contributed by atoms with van der Waals surface area (Å²) < 4.78 is 16.6. The van der Waals surface area contributed by atoms with Crippen LogP contribution in [0.5, 0.6) is 17.2 Å². The molecule has 4 aliphatic heterocycles. The van der Waals surface area contributed by atoms with E-state index in [0.717, 1.165) is 11.8 Å². The fraction of sp³-hybridized carbons (Fsp3) is 0.227. The first-order chi connectivity index (χ1) is 15.0. The number of ether oxygens (including phenoxy) is 3. The van der Waals surface area contributed by atoms with Gasteiger partial charge in [-0.1, -0.05) is 30.0 Å². The monoisotopic (exact) mass is 436 g/mol. The lowest BCUT2D eigenvalue weighted by atomic mass is 9.77. The number of esters is 1. The van der Waals surface area contributed by atoms with E-state index in [0.29, 0.717) is 41.7 Å². The maximum Gasteiger partial charge on any atom is 0.342 e. The Morgan fingerprint density at radius 1 is 0.935 bits per heavy atom. The Labute approximate surface area is 180 Å². The van der Waals surface area contributed by atoms with Crippen molar-refractivity contribution < 1.29 is 28.6 Å². The van der Waals surface area contributed by atoms with Crippen molar-refractivity contribution in [2.75, 3.05) is 18.1 Å². The van der Waals surface area contributed by atoms with Gasteiger partial charge in [0.1, 0.15) is 24.2 Å². The summed E-state index contributed by atoms with van der Waals surface area (Å²) in [5.74, 6) is -1.28. The maximum atomic E-state index is 13.6. The summed E-state index contributed by atoms with van der Waals surface area (Å²) in [4.78, 5) is 40.8. The van der Waals surface area contributed by atoms with Crippen molar-refractivity contribution in [2.24, 2.45) is 11.7 Å². The molecule has 0 bridgehead atoms. The van der Waals surface area contributed by atoms with Crippen LogP contribution in [-0.4, -0.2) is 36.2 Å². The van der Waals surface area contributed by atoms with Crippen molar-refractivity contribution in [2.45, 2.75) is 11.2 Å². The fourth-order valence-electron chi connectivity index (χ4n) is 4.63. The Balaban J connectivity index is 1.46. The van der Waals surface area contributed by atoms with Crippen LogP contribution in [0.1, 0.15) is 11.5 Å². The topological polar surface area (TPSA) is 108 Å². The third-order valence-electron chi connectivity index (χ3n) is 5.95. The summed E-state index contributed by atoms with van der Waals surface area (Å²) in [6.45, 7) is 0.837. The first-order valence-electron chi connectivity index (χ1n) is 9.79. The normalized spacial score (nSPS) is 26.3. The molecule has 156 valence electrons. The lowest BCUT2D eigenvalue weighted by Crippen LogP contribution is -2.39. The molecule has 9 heteroatoms. The van der Waals surface area contributed by atoms with Gasteiger partial charge < -0.3 is 19.9 Å². The summed E-state index contributed by atoms with van der Waals surface area (Å²) >= 11 is 1.05. The smallest absolute Gasteiger partial charge is 0.342 e. The lowest BCUT2D eigenvalue weighted by molar-refractivity contribution is -0.131. The molecule has 4 heterocycles. The molecule has 1 fully saturated rings. The molecule has 4 aliphatic rings. The fourth-order valence-corrected chi connectivity index (χ4v) is 5.87. The van der Waals surface area contributed by atoms with E-state index in [1.807, 2.05) is 6.07 Å². The summed E-state index contributed by atoms with van der Waals surface area (Å²) in [7, 11) is 0. The van der Waals surface area contributed by atoms with Crippen molar-refractivity contribution in [3.63, 3.8) is 0 Å². The zero-order chi connectivity index (χ0) is 21.3. The minimum atomic E-state index is -0.762. The summed E-state index contributed by atoms with van der Waals surface area (Å²) in [6.07, 6.45) is 0. The van der Waals surface area contributed by atoms with Gasteiger partial charge in [-0.05, 0) is 18.2 Å². The second-order valence-corrected chi connectivity index (χ2v) is 8.77. The van der Waals surface area contributed by atoms with E-state index in [4.69, 9.17) is 19.9 Å². The molecule has 6 rings (SSSR count). The van der Waals surface area contributed by atoms with E-state index in [9.17, 15) is 14.4 Å². The molecule has 1 saturated heterocycles. The molecule has 8 nitrogen and oxygen atoms in total. The quantitative estimate of drug-likeness (QED) is 0.411. The predicted octanol–water partition coefficient (Wildman–Crippen LogP) is 1.94. The zero-order valence-corrected chi connectivity index (χ0v) is 16.9. The third kappa shape index (κ3) is 2.53. The van der Waals surface area contributed by atoms with Gasteiger partial charge in [-0.15, -0.1) is 0 Å². The number of fused-ring (bicyclic) bond motifs is 6.